The molecule has 1 atom stereocenters. The van der Waals surface area contributed by atoms with E-state index in [0.29, 0.717) is 12.0 Å². The fourth-order valence-corrected chi connectivity index (χ4v) is 3.01. The summed E-state index contributed by atoms with van der Waals surface area (Å²) >= 11 is 2.43. The van der Waals surface area contributed by atoms with Gasteiger partial charge in [-0.25, -0.2) is 0 Å². The van der Waals surface area contributed by atoms with Crippen LogP contribution in [-0.2, 0) is 0 Å². The summed E-state index contributed by atoms with van der Waals surface area (Å²) in [5.74, 6) is 0.681. The van der Waals surface area contributed by atoms with E-state index in [1.54, 1.807) is 0 Å². The van der Waals surface area contributed by atoms with E-state index in [0.717, 1.165) is 19.6 Å². The van der Waals surface area contributed by atoms with Crippen LogP contribution in [0.2, 0.25) is 0 Å². The predicted molar refractivity (Wildman–Crippen MR) is 82.7 cm³/mol. The van der Waals surface area contributed by atoms with Crippen LogP contribution < -0.4 is 10.2 Å². The third-order valence-corrected chi connectivity index (χ3v) is 4.77. The number of benzene rings is 1. The first kappa shape index (κ1) is 13.1. The summed E-state index contributed by atoms with van der Waals surface area (Å²) in [5, 5.41) is 3.51. The highest BCUT2D eigenvalue weighted by Gasteiger charge is 2.26. The molecule has 0 bridgehead atoms. The Morgan fingerprint density at radius 1 is 1.41 bits per heavy atom. The van der Waals surface area contributed by atoms with Crippen molar-refractivity contribution in [3.05, 3.63) is 27.3 Å². The summed E-state index contributed by atoms with van der Waals surface area (Å²) in [4.78, 5) is 2.58. The zero-order chi connectivity index (χ0) is 12.4. The summed E-state index contributed by atoms with van der Waals surface area (Å²) in [5.41, 5.74) is 2.83. The van der Waals surface area contributed by atoms with Gasteiger partial charge in [-0.1, -0.05) is 19.9 Å². The molecule has 0 saturated carbocycles. The molecule has 0 amide bonds. The van der Waals surface area contributed by atoms with Crippen LogP contribution in [0.15, 0.2) is 18.2 Å². The molecule has 1 aromatic carbocycles. The number of nitrogens with one attached hydrogen (secondary N) is 1. The highest BCUT2D eigenvalue weighted by Crippen LogP contribution is 2.28. The maximum absolute atomic E-state index is 3.51. The minimum atomic E-state index is 0.612. The van der Waals surface area contributed by atoms with E-state index in [2.05, 4.69) is 71.8 Å². The van der Waals surface area contributed by atoms with Crippen molar-refractivity contribution in [2.75, 3.05) is 24.5 Å². The van der Waals surface area contributed by atoms with Crippen molar-refractivity contribution in [3.63, 3.8) is 0 Å². The number of hydrogen-bond donors (Lipinski definition) is 1. The first-order chi connectivity index (χ1) is 8.11. The first-order valence-electron chi connectivity index (χ1n) is 6.33. The van der Waals surface area contributed by atoms with E-state index in [9.17, 15) is 0 Å². The Labute approximate surface area is 118 Å². The molecule has 1 fully saturated rings. The van der Waals surface area contributed by atoms with Gasteiger partial charge in [0.1, 0.15) is 0 Å². The molecular formula is C14H21IN2. The summed E-state index contributed by atoms with van der Waals surface area (Å²) < 4.78 is 1.36. The molecule has 1 heterocycles. The summed E-state index contributed by atoms with van der Waals surface area (Å²) in [7, 11) is 0. The van der Waals surface area contributed by atoms with E-state index in [4.69, 9.17) is 0 Å². The van der Waals surface area contributed by atoms with Gasteiger partial charge in [0.05, 0.1) is 0 Å². The molecule has 2 nitrogen and oxygen atoms in total. The third-order valence-electron chi connectivity index (χ3n) is 3.60. The number of hydrogen-bond acceptors (Lipinski definition) is 2. The van der Waals surface area contributed by atoms with Crippen molar-refractivity contribution in [1.82, 2.24) is 5.32 Å². The average molecular weight is 344 g/mol. The van der Waals surface area contributed by atoms with Gasteiger partial charge in [-0.2, -0.15) is 0 Å². The van der Waals surface area contributed by atoms with Crippen LogP contribution in [0, 0.1) is 16.4 Å². The molecule has 17 heavy (non-hydrogen) atoms. The maximum Gasteiger partial charge on any atom is 0.0438 e. The van der Waals surface area contributed by atoms with Crippen molar-refractivity contribution in [2.45, 2.75) is 26.8 Å². The Morgan fingerprint density at radius 3 is 2.88 bits per heavy atom. The Kier molecular flexibility index (Phi) is 4.31. The summed E-state index contributed by atoms with van der Waals surface area (Å²) in [6.45, 7) is 10.2. The molecule has 0 aliphatic carbocycles. The van der Waals surface area contributed by atoms with Crippen LogP contribution in [0.25, 0.3) is 0 Å². The lowest BCUT2D eigenvalue weighted by Crippen LogP contribution is -2.54. The van der Waals surface area contributed by atoms with E-state index >= 15 is 0 Å². The molecule has 2 rings (SSSR count). The smallest absolute Gasteiger partial charge is 0.0438 e. The molecule has 1 saturated heterocycles. The number of piperazine rings is 1. The Bertz CT molecular complexity index is 390. The van der Waals surface area contributed by atoms with E-state index in [1.807, 2.05) is 0 Å². The normalized spacial score (nSPS) is 21.0. The van der Waals surface area contributed by atoms with E-state index in [-0.39, 0.29) is 0 Å². The number of rotatable bonds is 2. The van der Waals surface area contributed by atoms with Crippen molar-refractivity contribution >= 4 is 28.3 Å². The zero-order valence-electron chi connectivity index (χ0n) is 10.8. The lowest BCUT2D eigenvalue weighted by atomic mass is 9.99. The summed E-state index contributed by atoms with van der Waals surface area (Å²) in [6, 6.07) is 7.23. The minimum Gasteiger partial charge on any atom is -0.365 e. The molecule has 0 radical (unpaired) electrons. The van der Waals surface area contributed by atoms with Gasteiger partial charge in [0.2, 0.25) is 0 Å². The van der Waals surface area contributed by atoms with Crippen molar-refractivity contribution in [3.8, 4) is 0 Å². The molecule has 94 valence electrons. The third kappa shape index (κ3) is 2.76. The fourth-order valence-electron chi connectivity index (χ4n) is 2.53. The Hall–Kier alpha value is -0.290. The molecule has 1 aliphatic rings. The van der Waals surface area contributed by atoms with Gasteiger partial charge in [-0.15, -0.1) is 0 Å². The monoisotopic (exact) mass is 344 g/mol. The molecule has 1 aromatic rings. The van der Waals surface area contributed by atoms with Gasteiger partial charge in [-0.3, -0.25) is 0 Å². The summed E-state index contributed by atoms with van der Waals surface area (Å²) in [6.07, 6.45) is 0. The quantitative estimate of drug-likeness (QED) is 0.830. The molecule has 0 aromatic heterocycles. The second-order valence-electron chi connectivity index (χ2n) is 5.09. The largest absolute Gasteiger partial charge is 0.365 e. The fraction of sp³-hybridized carbons (Fsp3) is 0.571. The van der Waals surface area contributed by atoms with Crippen LogP contribution in [-0.4, -0.2) is 25.7 Å². The Balaban J connectivity index is 2.33. The van der Waals surface area contributed by atoms with Gasteiger partial charge < -0.3 is 10.2 Å². The van der Waals surface area contributed by atoms with Crippen LogP contribution >= 0.6 is 22.6 Å². The second kappa shape index (κ2) is 5.57. The predicted octanol–water partition coefficient (Wildman–Crippen LogP) is 3.03. The first-order valence-corrected chi connectivity index (χ1v) is 7.41. The average Bonchev–Trinajstić information content (AvgIpc) is 2.33. The van der Waals surface area contributed by atoms with Crippen molar-refractivity contribution < 1.29 is 0 Å². The minimum absolute atomic E-state index is 0.612. The maximum atomic E-state index is 3.51. The molecule has 1 N–H and O–H groups in total. The van der Waals surface area contributed by atoms with E-state index in [1.165, 1.54) is 14.8 Å². The number of anilines is 1. The molecule has 3 heteroatoms. The molecule has 1 aliphatic heterocycles. The van der Waals surface area contributed by atoms with Crippen molar-refractivity contribution in [1.29, 1.82) is 0 Å². The zero-order valence-corrected chi connectivity index (χ0v) is 13.0. The number of nitrogens with zero attached hydrogens (tertiary/aromatic N) is 1. The standard InChI is InChI=1S/C14H21IN2/c1-10(2)14-9-16-7-8-17(14)13-6-4-5-12(15)11(13)3/h4-6,10,14,16H,7-9H2,1-3H3. The van der Waals surface area contributed by atoms with Crippen LogP contribution in [0.5, 0.6) is 0 Å². The van der Waals surface area contributed by atoms with Crippen molar-refractivity contribution in [2.24, 2.45) is 5.92 Å². The van der Waals surface area contributed by atoms with E-state index < -0.39 is 0 Å². The van der Waals surface area contributed by atoms with Crippen LogP contribution in [0.3, 0.4) is 0 Å². The van der Waals surface area contributed by atoms with Gasteiger partial charge >= 0.3 is 0 Å². The molecular weight excluding hydrogens is 323 g/mol. The van der Waals surface area contributed by atoms with Gasteiger partial charge in [-0.05, 0) is 53.1 Å². The topological polar surface area (TPSA) is 15.3 Å². The molecule has 0 spiro atoms. The lowest BCUT2D eigenvalue weighted by molar-refractivity contribution is 0.390. The number of halogens is 1. The van der Waals surface area contributed by atoms with Crippen LogP contribution in [0.1, 0.15) is 19.4 Å². The molecule has 1 unspecified atom stereocenters. The van der Waals surface area contributed by atoms with Crippen LogP contribution in [0.4, 0.5) is 5.69 Å². The van der Waals surface area contributed by atoms with Gasteiger partial charge in [0.15, 0.2) is 0 Å². The Morgan fingerprint density at radius 2 is 2.18 bits per heavy atom. The van der Waals surface area contributed by atoms with Gasteiger partial charge in [0, 0.05) is 34.9 Å². The van der Waals surface area contributed by atoms with Gasteiger partial charge in [0.25, 0.3) is 0 Å². The second-order valence-corrected chi connectivity index (χ2v) is 6.26. The highest BCUT2D eigenvalue weighted by atomic mass is 127. The SMILES string of the molecule is Cc1c(I)cccc1N1CCNCC1C(C)C. The lowest BCUT2D eigenvalue weighted by Gasteiger charge is -2.41. The highest BCUT2D eigenvalue weighted by molar-refractivity contribution is 14.1.